The van der Waals surface area contributed by atoms with E-state index in [1.165, 1.54) is 11.3 Å². The van der Waals surface area contributed by atoms with Crippen LogP contribution in [0.5, 0.6) is 17.2 Å². The standard InChI is InChI=1S/C31H36N2O6S/c1-9-38-25-15-20(11-12-23(25)36-7)28-27(30(35)39-10-2)19(6)32-31-33(28)29(34)26(40-31)16-21-14-22(17(3)4)24(37-8)13-18(21)5/h11-17,28H,9-10H2,1-8H3/b26-16+/t28-/m0/s1. The largest absolute Gasteiger partial charge is 0.496 e. The van der Waals surface area contributed by atoms with Crippen LogP contribution in [0.4, 0.5) is 0 Å². The Morgan fingerprint density at radius 3 is 2.40 bits per heavy atom. The number of ether oxygens (including phenoxy) is 4. The van der Waals surface area contributed by atoms with Gasteiger partial charge in [-0.1, -0.05) is 31.3 Å². The fraction of sp³-hybridized carbons (Fsp3) is 0.387. The molecule has 0 fully saturated rings. The number of esters is 1. The molecule has 0 N–H and O–H groups in total. The van der Waals surface area contributed by atoms with E-state index in [9.17, 15) is 9.59 Å². The van der Waals surface area contributed by atoms with Crippen LogP contribution in [0.1, 0.15) is 68.8 Å². The van der Waals surface area contributed by atoms with Crippen LogP contribution in [0.3, 0.4) is 0 Å². The molecular weight excluding hydrogens is 528 g/mol. The summed E-state index contributed by atoms with van der Waals surface area (Å²) in [5.41, 5.74) is 4.25. The second-order valence-corrected chi connectivity index (χ2v) is 10.8. The highest BCUT2D eigenvalue weighted by Crippen LogP contribution is 2.36. The van der Waals surface area contributed by atoms with Crippen LogP contribution >= 0.6 is 11.3 Å². The first-order valence-corrected chi connectivity index (χ1v) is 14.2. The number of aryl methyl sites for hydroxylation is 1. The highest BCUT2D eigenvalue weighted by Gasteiger charge is 2.34. The third-order valence-electron chi connectivity index (χ3n) is 6.85. The number of nitrogens with zero attached hydrogens (tertiary/aromatic N) is 2. The number of carbonyl (C=O) groups excluding carboxylic acids is 1. The van der Waals surface area contributed by atoms with E-state index in [0.29, 0.717) is 44.3 Å². The van der Waals surface area contributed by atoms with Crippen molar-refractivity contribution in [1.29, 1.82) is 0 Å². The summed E-state index contributed by atoms with van der Waals surface area (Å²) in [6.45, 7) is 12.2. The van der Waals surface area contributed by atoms with Gasteiger partial charge < -0.3 is 18.9 Å². The lowest BCUT2D eigenvalue weighted by atomic mass is 9.95. The number of methoxy groups -OCH3 is 2. The summed E-state index contributed by atoms with van der Waals surface area (Å²) in [6, 6.07) is 8.75. The summed E-state index contributed by atoms with van der Waals surface area (Å²) in [4.78, 5) is 32.5. The van der Waals surface area contributed by atoms with Crippen LogP contribution < -0.4 is 29.1 Å². The Kier molecular flexibility index (Phi) is 8.83. The molecule has 4 rings (SSSR count). The number of benzene rings is 2. The van der Waals surface area contributed by atoms with Crippen molar-refractivity contribution in [2.75, 3.05) is 27.4 Å². The van der Waals surface area contributed by atoms with E-state index in [1.54, 1.807) is 38.7 Å². The summed E-state index contributed by atoms with van der Waals surface area (Å²) in [5.74, 6) is 1.65. The summed E-state index contributed by atoms with van der Waals surface area (Å²) >= 11 is 1.30. The molecular formula is C31H36N2O6S. The lowest BCUT2D eigenvalue weighted by Gasteiger charge is -2.25. The van der Waals surface area contributed by atoms with Crippen molar-refractivity contribution in [1.82, 2.24) is 4.57 Å². The molecule has 0 aliphatic carbocycles. The Balaban J connectivity index is 1.98. The Hall–Kier alpha value is -3.85. The van der Waals surface area contributed by atoms with E-state index in [1.807, 2.05) is 38.1 Å². The minimum Gasteiger partial charge on any atom is -0.496 e. The maximum atomic E-state index is 14.0. The number of carbonyl (C=O) groups is 1. The van der Waals surface area contributed by atoms with Crippen LogP contribution in [0.25, 0.3) is 6.08 Å². The Bertz CT molecular complexity index is 1650. The number of fused-ring (bicyclic) bond motifs is 1. The molecule has 9 heteroatoms. The number of rotatable bonds is 9. The highest BCUT2D eigenvalue weighted by molar-refractivity contribution is 7.07. The minimum absolute atomic E-state index is 0.203. The predicted octanol–water partition coefficient (Wildman–Crippen LogP) is 4.65. The highest BCUT2D eigenvalue weighted by atomic mass is 32.1. The number of allylic oxidation sites excluding steroid dienone is 1. The molecule has 0 bridgehead atoms. The van der Waals surface area contributed by atoms with Gasteiger partial charge in [-0.3, -0.25) is 9.36 Å². The number of hydrogen-bond donors (Lipinski definition) is 0. The molecule has 1 aliphatic heterocycles. The van der Waals surface area contributed by atoms with E-state index in [4.69, 9.17) is 18.9 Å². The Morgan fingerprint density at radius 1 is 1.05 bits per heavy atom. The zero-order chi connectivity index (χ0) is 29.1. The SMILES string of the molecule is CCOC(=O)C1=C(C)N=c2s/c(=C/c3cc(C(C)C)c(OC)cc3C)c(=O)n2[C@H]1c1ccc(OC)c(OCC)c1. The van der Waals surface area contributed by atoms with Crippen molar-refractivity contribution in [3.05, 3.63) is 83.5 Å². The summed E-state index contributed by atoms with van der Waals surface area (Å²) in [6.07, 6.45) is 1.89. The molecule has 212 valence electrons. The van der Waals surface area contributed by atoms with Crippen LogP contribution in [0.15, 0.2) is 51.4 Å². The third-order valence-corrected chi connectivity index (χ3v) is 7.83. The third kappa shape index (κ3) is 5.43. The normalized spacial score (nSPS) is 15.1. The average Bonchev–Trinajstić information content (AvgIpc) is 3.22. The quantitative estimate of drug-likeness (QED) is 0.352. The number of thiazole rings is 1. The summed E-state index contributed by atoms with van der Waals surface area (Å²) < 4.78 is 24.4. The maximum Gasteiger partial charge on any atom is 0.338 e. The van der Waals surface area contributed by atoms with Crippen molar-refractivity contribution in [3.8, 4) is 17.2 Å². The van der Waals surface area contributed by atoms with Gasteiger partial charge in [0.25, 0.3) is 5.56 Å². The zero-order valence-corrected chi connectivity index (χ0v) is 25.1. The van der Waals surface area contributed by atoms with Crippen LogP contribution in [-0.4, -0.2) is 38.0 Å². The molecule has 1 aliphatic rings. The molecule has 2 heterocycles. The molecule has 1 aromatic heterocycles. The van der Waals surface area contributed by atoms with Crippen LogP contribution in [0, 0.1) is 6.92 Å². The van der Waals surface area contributed by atoms with Crippen molar-refractivity contribution >= 4 is 23.4 Å². The fourth-order valence-electron chi connectivity index (χ4n) is 4.88. The molecule has 2 aromatic carbocycles. The first-order valence-electron chi connectivity index (χ1n) is 13.3. The molecule has 0 radical (unpaired) electrons. The molecule has 0 unspecified atom stereocenters. The lowest BCUT2D eigenvalue weighted by Crippen LogP contribution is -2.40. The van der Waals surface area contributed by atoms with Crippen molar-refractivity contribution in [2.24, 2.45) is 4.99 Å². The zero-order valence-electron chi connectivity index (χ0n) is 24.3. The van der Waals surface area contributed by atoms with Gasteiger partial charge in [0.05, 0.1) is 49.3 Å². The molecule has 1 atom stereocenters. The van der Waals surface area contributed by atoms with Gasteiger partial charge in [0.15, 0.2) is 16.3 Å². The maximum absolute atomic E-state index is 14.0. The van der Waals surface area contributed by atoms with Crippen molar-refractivity contribution in [3.63, 3.8) is 0 Å². The predicted molar refractivity (Wildman–Crippen MR) is 156 cm³/mol. The minimum atomic E-state index is -0.745. The van der Waals surface area contributed by atoms with E-state index in [2.05, 4.69) is 24.9 Å². The second-order valence-electron chi connectivity index (χ2n) is 9.75. The van der Waals surface area contributed by atoms with E-state index < -0.39 is 12.0 Å². The van der Waals surface area contributed by atoms with Crippen molar-refractivity contribution in [2.45, 2.75) is 53.5 Å². The van der Waals surface area contributed by atoms with E-state index in [0.717, 1.165) is 22.4 Å². The molecule has 8 nitrogen and oxygen atoms in total. The average molecular weight is 565 g/mol. The number of hydrogen-bond acceptors (Lipinski definition) is 8. The van der Waals surface area contributed by atoms with Gasteiger partial charge in [-0.15, -0.1) is 0 Å². The van der Waals surface area contributed by atoms with Gasteiger partial charge in [0.2, 0.25) is 0 Å². The van der Waals surface area contributed by atoms with Gasteiger partial charge in [-0.05, 0) is 86.2 Å². The summed E-state index contributed by atoms with van der Waals surface area (Å²) in [7, 11) is 3.23. The monoisotopic (exact) mass is 564 g/mol. The van der Waals surface area contributed by atoms with E-state index >= 15 is 0 Å². The Labute approximate surface area is 238 Å². The molecule has 0 saturated heterocycles. The molecule has 0 saturated carbocycles. The van der Waals surface area contributed by atoms with Crippen molar-refractivity contribution < 1.29 is 23.7 Å². The number of aromatic nitrogens is 1. The van der Waals surface area contributed by atoms with Gasteiger partial charge in [0.1, 0.15) is 5.75 Å². The van der Waals surface area contributed by atoms with Gasteiger partial charge in [0, 0.05) is 0 Å². The van der Waals surface area contributed by atoms with E-state index in [-0.39, 0.29) is 18.1 Å². The van der Waals surface area contributed by atoms with Gasteiger partial charge in [-0.25, -0.2) is 9.79 Å². The topological polar surface area (TPSA) is 88.4 Å². The molecule has 3 aromatic rings. The van der Waals surface area contributed by atoms with Crippen LogP contribution in [-0.2, 0) is 9.53 Å². The smallest absolute Gasteiger partial charge is 0.338 e. The van der Waals surface area contributed by atoms with Crippen LogP contribution in [0.2, 0.25) is 0 Å². The lowest BCUT2D eigenvalue weighted by molar-refractivity contribution is -0.139. The summed E-state index contributed by atoms with van der Waals surface area (Å²) in [5, 5.41) is 0. The second kappa shape index (κ2) is 12.1. The molecule has 0 amide bonds. The van der Waals surface area contributed by atoms with Gasteiger partial charge in [-0.2, -0.15) is 0 Å². The molecule has 40 heavy (non-hydrogen) atoms. The first kappa shape index (κ1) is 29.1. The molecule has 0 spiro atoms. The van der Waals surface area contributed by atoms with Gasteiger partial charge >= 0.3 is 5.97 Å². The first-order chi connectivity index (χ1) is 19.1. The fourth-order valence-corrected chi connectivity index (χ4v) is 5.92. The Morgan fingerprint density at radius 2 is 1.77 bits per heavy atom.